The molecule has 0 unspecified atom stereocenters. The fourth-order valence-electron chi connectivity index (χ4n) is 2.46. The third-order valence-electron chi connectivity index (χ3n) is 3.82. The summed E-state index contributed by atoms with van der Waals surface area (Å²) in [4.78, 5) is 26.9. The lowest BCUT2D eigenvalue weighted by atomic mass is 10.2. The number of carbonyl (C=O) groups is 1. The van der Waals surface area contributed by atoms with Gasteiger partial charge in [0, 0.05) is 6.07 Å². The van der Waals surface area contributed by atoms with Crippen LogP contribution in [0.1, 0.15) is 5.56 Å². The molecule has 0 aliphatic rings. The summed E-state index contributed by atoms with van der Waals surface area (Å²) in [5.41, 5.74) is 1.07. The molecule has 0 spiro atoms. The number of nitrogens with one attached hydrogen (secondary N) is 1. The number of hydrogen-bond donors (Lipinski definition) is 1. The van der Waals surface area contributed by atoms with E-state index in [2.05, 4.69) is 10.3 Å². The number of benzene rings is 2. The van der Waals surface area contributed by atoms with E-state index >= 15 is 0 Å². The zero-order valence-electron chi connectivity index (χ0n) is 14.8. The third-order valence-corrected chi connectivity index (χ3v) is 6.37. The van der Waals surface area contributed by atoms with Crippen LogP contribution in [-0.4, -0.2) is 37.1 Å². The molecule has 0 bridgehead atoms. The minimum atomic E-state index is -3.81. The Morgan fingerprint density at radius 2 is 1.96 bits per heavy atom. The highest BCUT2D eigenvalue weighted by Gasteiger charge is 2.21. The highest BCUT2D eigenvalue weighted by atomic mass is 32.2. The van der Waals surface area contributed by atoms with E-state index in [9.17, 15) is 23.3 Å². The van der Waals surface area contributed by atoms with Gasteiger partial charge in [-0.3, -0.25) is 14.9 Å². The molecule has 1 heterocycles. The molecule has 0 aliphatic heterocycles. The second-order valence-electron chi connectivity index (χ2n) is 5.89. The van der Waals surface area contributed by atoms with E-state index in [0.29, 0.717) is 10.2 Å². The molecule has 1 aromatic heterocycles. The number of anilines is 1. The molecule has 3 rings (SSSR count). The van der Waals surface area contributed by atoms with Gasteiger partial charge < -0.3 is 10.1 Å². The lowest BCUT2D eigenvalue weighted by Gasteiger charge is -2.05. The molecule has 9 nitrogen and oxygen atoms in total. The molecule has 0 aliphatic carbocycles. The van der Waals surface area contributed by atoms with Crippen molar-refractivity contribution in [2.45, 2.75) is 11.8 Å². The van der Waals surface area contributed by atoms with E-state index in [1.165, 1.54) is 31.4 Å². The summed E-state index contributed by atoms with van der Waals surface area (Å²) < 4.78 is 30.3. The number of non-ortho nitro benzene ring substituents is 1. The minimum absolute atomic E-state index is 0.0508. The van der Waals surface area contributed by atoms with Gasteiger partial charge in [-0.05, 0) is 19.1 Å². The Bertz CT molecular complexity index is 1170. The number of thiazole rings is 1. The molecule has 0 saturated heterocycles. The molecule has 3 aromatic rings. The third kappa shape index (κ3) is 4.10. The molecular weight excluding hydrogens is 406 g/mol. The first-order chi connectivity index (χ1) is 13.2. The summed E-state index contributed by atoms with van der Waals surface area (Å²) in [5, 5.41) is 13.6. The zero-order chi connectivity index (χ0) is 20.5. The molecule has 0 saturated carbocycles. The quantitative estimate of drug-likeness (QED) is 0.478. The van der Waals surface area contributed by atoms with E-state index in [1.54, 1.807) is 12.1 Å². The van der Waals surface area contributed by atoms with Gasteiger partial charge in [0.1, 0.15) is 11.3 Å². The maximum Gasteiger partial charge on any atom is 0.274 e. The van der Waals surface area contributed by atoms with Gasteiger partial charge in [-0.25, -0.2) is 13.4 Å². The molecule has 0 fully saturated rings. The number of methoxy groups -OCH3 is 1. The van der Waals surface area contributed by atoms with E-state index in [4.69, 9.17) is 4.74 Å². The van der Waals surface area contributed by atoms with Crippen LogP contribution in [0, 0.1) is 17.0 Å². The minimum Gasteiger partial charge on any atom is -0.494 e. The van der Waals surface area contributed by atoms with Gasteiger partial charge >= 0.3 is 0 Å². The van der Waals surface area contributed by atoms with E-state index in [-0.39, 0.29) is 21.5 Å². The SMILES string of the molecule is COc1cc([N+](=O)[O-])cc2sc(NC(=O)CS(=O)(=O)c3ccc(C)cc3)nc12. The second kappa shape index (κ2) is 7.52. The molecule has 28 heavy (non-hydrogen) atoms. The fourth-order valence-corrected chi connectivity index (χ4v) is 4.52. The Morgan fingerprint density at radius 3 is 2.57 bits per heavy atom. The molecule has 2 aromatic carbocycles. The number of aryl methyl sites for hydroxylation is 1. The Kier molecular flexibility index (Phi) is 5.29. The van der Waals surface area contributed by atoms with Crippen LogP contribution in [0.2, 0.25) is 0 Å². The molecule has 0 radical (unpaired) electrons. The summed E-state index contributed by atoms with van der Waals surface area (Å²) in [6.45, 7) is 1.83. The van der Waals surface area contributed by atoms with E-state index in [1.807, 2.05) is 6.92 Å². The van der Waals surface area contributed by atoms with Gasteiger partial charge in [-0.1, -0.05) is 29.0 Å². The first kappa shape index (κ1) is 19.7. The smallest absolute Gasteiger partial charge is 0.274 e. The van der Waals surface area contributed by atoms with Gasteiger partial charge in [0.05, 0.1) is 27.7 Å². The predicted octanol–water partition coefficient (Wildman–Crippen LogP) is 2.93. The number of amides is 1. The predicted molar refractivity (Wildman–Crippen MR) is 105 cm³/mol. The molecular formula is C17H15N3O6S2. The number of nitro benzene ring substituents is 1. The first-order valence-electron chi connectivity index (χ1n) is 7.92. The van der Waals surface area contributed by atoms with Crippen molar-refractivity contribution in [1.29, 1.82) is 0 Å². The van der Waals surface area contributed by atoms with Crippen molar-refractivity contribution in [3.05, 3.63) is 52.1 Å². The summed E-state index contributed by atoms with van der Waals surface area (Å²) in [5.74, 6) is -1.31. The van der Waals surface area contributed by atoms with Crippen molar-refractivity contribution in [2.24, 2.45) is 0 Å². The zero-order valence-corrected chi connectivity index (χ0v) is 16.5. The van der Waals surface area contributed by atoms with Crippen LogP contribution in [0.4, 0.5) is 10.8 Å². The summed E-state index contributed by atoms with van der Waals surface area (Å²) in [7, 11) is -2.45. The fraction of sp³-hybridized carbons (Fsp3) is 0.176. The van der Waals surface area contributed by atoms with Crippen molar-refractivity contribution >= 4 is 48.1 Å². The topological polar surface area (TPSA) is 128 Å². The number of nitrogens with zero attached hydrogens (tertiary/aromatic N) is 2. The van der Waals surface area contributed by atoms with Crippen molar-refractivity contribution < 1.29 is 22.9 Å². The highest BCUT2D eigenvalue weighted by Crippen LogP contribution is 2.36. The maximum atomic E-state index is 12.4. The van der Waals surface area contributed by atoms with E-state index < -0.39 is 26.4 Å². The lowest BCUT2D eigenvalue weighted by molar-refractivity contribution is -0.384. The Labute approximate surface area is 164 Å². The van der Waals surface area contributed by atoms with E-state index in [0.717, 1.165) is 16.9 Å². The van der Waals surface area contributed by atoms with Gasteiger partial charge in [-0.2, -0.15) is 0 Å². The number of carbonyl (C=O) groups excluding carboxylic acids is 1. The lowest BCUT2D eigenvalue weighted by Crippen LogP contribution is -2.22. The standard InChI is InChI=1S/C17H15N3O6S2/c1-10-3-5-12(6-4-10)28(24,25)9-15(21)18-17-19-16-13(26-2)7-11(20(22)23)8-14(16)27-17/h3-8H,9H2,1-2H3,(H,18,19,21). The summed E-state index contributed by atoms with van der Waals surface area (Å²) in [6.07, 6.45) is 0. The number of sulfone groups is 1. The first-order valence-corrected chi connectivity index (χ1v) is 10.4. The molecule has 1 N–H and O–H groups in total. The van der Waals surface area contributed by atoms with Crippen molar-refractivity contribution in [2.75, 3.05) is 18.2 Å². The number of nitro groups is 1. The van der Waals surface area contributed by atoms with Crippen molar-refractivity contribution in [1.82, 2.24) is 4.98 Å². The summed E-state index contributed by atoms with van der Waals surface area (Å²) >= 11 is 0.988. The largest absolute Gasteiger partial charge is 0.494 e. The van der Waals surface area contributed by atoms with Crippen LogP contribution in [0.5, 0.6) is 5.75 Å². The van der Waals surface area contributed by atoms with Crippen molar-refractivity contribution in [3.8, 4) is 5.75 Å². The molecule has 146 valence electrons. The summed E-state index contributed by atoms with van der Waals surface area (Å²) in [6, 6.07) is 8.73. The van der Waals surface area contributed by atoms with Gasteiger partial charge in [-0.15, -0.1) is 0 Å². The van der Waals surface area contributed by atoms with Crippen LogP contribution in [0.3, 0.4) is 0 Å². The Morgan fingerprint density at radius 1 is 1.29 bits per heavy atom. The number of rotatable bonds is 6. The molecule has 11 heteroatoms. The number of aromatic nitrogens is 1. The monoisotopic (exact) mass is 421 g/mol. The van der Waals surface area contributed by atoms with Gasteiger partial charge in [0.25, 0.3) is 5.69 Å². The molecule has 1 amide bonds. The highest BCUT2D eigenvalue weighted by molar-refractivity contribution is 7.92. The van der Waals surface area contributed by atoms with Crippen LogP contribution >= 0.6 is 11.3 Å². The van der Waals surface area contributed by atoms with Crippen LogP contribution in [0.25, 0.3) is 10.2 Å². The van der Waals surface area contributed by atoms with Crippen molar-refractivity contribution in [3.63, 3.8) is 0 Å². The Hall–Kier alpha value is -3.05. The second-order valence-corrected chi connectivity index (χ2v) is 8.91. The van der Waals surface area contributed by atoms with Crippen LogP contribution < -0.4 is 10.1 Å². The average molecular weight is 421 g/mol. The number of hydrogen-bond acceptors (Lipinski definition) is 8. The number of fused-ring (bicyclic) bond motifs is 1. The van der Waals surface area contributed by atoms with Gasteiger partial charge in [0.2, 0.25) is 5.91 Å². The number of ether oxygens (including phenoxy) is 1. The van der Waals surface area contributed by atoms with Gasteiger partial charge in [0.15, 0.2) is 20.7 Å². The van der Waals surface area contributed by atoms with Crippen LogP contribution in [-0.2, 0) is 14.6 Å². The normalized spacial score (nSPS) is 11.4. The maximum absolute atomic E-state index is 12.4. The average Bonchev–Trinajstić information content (AvgIpc) is 3.02. The molecule has 0 atom stereocenters. The van der Waals surface area contributed by atoms with Crippen LogP contribution in [0.15, 0.2) is 41.3 Å². The Balaban J connectivity index is 1.83.